The molecule has 1 N–H and O–H groups in total. The molecule has 0 bridgehead atoms. The second kappa shape index (κ2) is 6.40. The van der Waals surface area contributed by atoms with Crippen LogP contribution in [0.2, 0.25) is 0 Å². The predicted octanol–water partition coefficient (Wildman–Crippen LogP) is 0.652. The van der Waals surface area contributed by atoms with Crippen LogP contribution < -0.4 is 14.8 Å². The Morgan fingerprint density at radius 3 is 2.68 bits per heavy atom. The zero-order chi connectivity index (χ0) is 15.5. The van der Waals surface area contributed by atoms with Crippen LogP contribution in [0.5, 0.6) is 11.5 Å². The van der Waals surface area contributed by atoms with E-state index in [2.05, 4.69) is 5.32 Å². The number of benzene rings is 1. The molecule has 1 fully saturated rings. The molecular weight excluding hydrogens is 288 g/mol. The molecule has 1 saturated heterocycles. The summed E-state index contributed by atoms with van der Waals surface area (Å²) >= 11 is 0. The maximum Gasteiger partial charge on any atom is 0.186 e. The van der Waals surface area contributed by atoms with Crippen LogP contribution in [-0.4, -0.2) is 51.5 Å². The molecule has 0 aromatic heterocycles. The van der Waals surface area contributed by atoms with Gasteiger partial charge >= 0.3 is 0 Å². The van der Waals surface area contributed by atoms with E-state index in [0.29, 0.717) is 18.1 Å². The number of hydrogen-bond acceptors (Lipinski definition) is 7. The molecule has 2 aliphatic heterocycles. The van der Waals surface area contributed by atoms with Gasteiger partial charge in [-0.3, -0.25) is 0 Å². The Labute approximate surface area is 128 Å². The highest BCUT2D eigenvalue weighted by atomic mass is 16.7. The van der Waals surface area contributed by atoms with Gasteiger partial charge < -0.3 is 29.0 Å². The summed E-state index contributed by atoms with van der Waals surface area (Å²) < 4.78 is 28.5. The summed E-state index contributed by atoms with van der Waals surface area (Å²) in [6, 6.07) is 6.99. The fraction of sp³-hybridized carbons (Fsp3) is 0.533. The van der Waals surface area contributed by atoms with Crippen molar-refractivity contribution in [1.29, 1.82) is 5.26 Å². The Kier molecular flexibility index (Phi) is 4.34. The van der Waals surface area contributed by atoms with Crippen LogP contribution in [0.1, 0.15) is 0 Å². The fourth-order valence-corrected chi connectivity index (χ4v) is 2.87. The standard InChI is InChI=1S/C15H18N2O5/c1-18-14-12(17-8-16)13-11(22-15(14)19-2)7-20-9-5-3-4-6-10(9)21-13/h3-6,11-15,17H,7H2,1-2H3/t11-,12-,13+,14+,15+/m1/s1. The monoisotopic (exact) mass is 306 g/mol. The van der Waals surface area contributed by atoms with Crippen molar-refractivity contribution in [1.82, 2.24) is 5.32 Å². The van der Waals surface area contributed by atoms with Crippen molar-refractivity contribution in [3.05, 3.63) is 24.3 Å². The maximum absolute atomic E-state index is 9.06. The Morgan fingerprint density at radius 1 is 1.23 bits per heavy atom. The van der Waals surface area contributed by atoms with Crippen LogP contribution in [-0.2, 0) is 14.2 Å². The molecule has 0 saturated carbocycles. The lowest BCUT2D eigenvalue weighted by Crippen LogP contribution is -2.65. The van der Waals surface area contributed by atoms with E-state index >= 15 is 0 Å². The molecule has 5 atom stereocenters. The van der Waals surface area contributed by atoms with E-state index in [1.807, 2.05) is 30.5 Å². The van der Waals surface area contributed by atoms with Crippen LogP contribution in [0.3, 0.4) is 0 Å². The van der Waals surface area contributed by atoms with E-state index in [1.165, 1.54) is 7.11 Å². The average molecular weight is 306 g/mol. The van der Waals surface area contributed by atoms with Gasteiger partial charge in [0.05, 0.1) is 0 Å². The third kappa shape index (κ3) is 2.57. The van der Waals surface area contributed by atoms with E-state index in [4.69, 9.17) is 28.9 Å². The summed E-state index contributed by atoms with van der Waals surface area (Å²) in [5.74, 6) is 1.27. The number of nitriles is 1. The zero-order valence-corrected chi connectivity index (χ0v) is 12.4. The molecule has 0 unspecified atom stereocenters. The van der Waals surface area contributed by atoms with Crippen LogP contribution in [0.4, 0.5) is 0 Å². The minimum atomic E-state index is -0.606. The first-order chi connectivity index (χ1) is 10.8. The molecule has 0 amide bonds. The van der Waals surface area contributed by atoms with Gasteiger partial charge in [-0.2, -0.15) is 5.26 Å². The molecule has 22 heavy (non-hydrogen) atoms. The molecule has 1 aromatic carbocycles. The lowest BCUT2D eigenvalue weighted by atomic mass is 9.96. The molecule has 0 spiro atoms. The zero-order valence-electron chi connectivity index (χ0n) is 12.4. The highest BCUT2D eigenvalue weighted by Gasteiger charge is 2.49. The summed E-state index contributed by atoms with van der Waals surface area (Å²) in [5.41, 5.74) is 0. The van der Waals surface area contributed by atoms with E-state index in [9.17, 15) is 0 Å². The summed E-state index contributed by atoms with van der Waals surface area (Å²) in [7, 11) is 3.08. The van der Waals surface area contributed by atoms with Crippen molar-refractivity contribution >= 4 is 0 Å². The topological polar surface area (TPSA) is 82.0 Å². The number of nitrogens with one attached hydrogen (secondary N) is 1. The Balaban J connectivity index is 1.92. The smallest absolute Gasteiger partial charge is 0.186 e. The van der Waals surface area contributed by atoms with E-state index < -0.39 is 24.5 Å². The first-order valence-corrected chi connectivity index (χ1v) is 7.02. The molecule has 0 aliphatic carbocycles. The second-order valence-corrected chi connectivity index (χ2v) is 5.10. The van der Waals surface area contributed by atoms with E-state index in [1.54, 1.807) is 7.11 Å². The Bertz CT molecular complexity index is 561. The molecule has 1 aromatic rings. The molecular formula is C15H18N2O5. The molecule has 7 heteroatoms. The summed E-state index contributed by atoms with van der Waals surface area (Å²) in [6.45, 7) is 0.307. The van der Waals surface area contributed by atoms with Crippen LogP contribution in [0, 0.1) is 11.5 Å². The van der Waals surface area contributed by atoms with Crippen molar-refractivity contribution in [2.75, 3.05) is 20.8 Å². The number of fused-ring (bicyclic) bond motifs is 2. The molecule has 2 heterocycles. The van der Waals surface area contributed by atoms with Crippen LogP contribution in [0.25, 0.3) is 0 Å². The van der Waals surface area contributed by atoms with Gasteiger partial charge in [0, 0.05) is 14.2 Å². The molecule has 2 aliphatic rings. The molecule has 118 valence electrons. The van der Waals surface area contributed by atoms with Gasteiger partial charge in [0.15, 0.2) is 30.1 Å². The molecule has 0 radical (unpaired) electrons. The second-order valence-electron chi connectivity index (χ2n) is 5.10. The third-order valence-electron chi connectivity index (χ3n) is 3.90. The third-order valence-corrected chi connectivity index (χ3v) is 3.90. The van der Waals surface area contributed by atoms with Crippen molar-refractivity contribution in [2.24, 2.45) is 0 Å². The van der Waals surface area contributed by atoms with Gasteiger partial charge in [0.25, 0.3) is 0 Å². The SMILES string of the molecule is CO[C@H]1O[C@@H]2COc3ccccc3O[C@@H]2[C@@H](NC#N)[C@@H]1OC. The van der Waals surface area contributed by atoms with E-state index in [-0.39, 0.29) is 6.10 Å². The van der Waals surface area contributed by atoms with Gasteiger partial charge in [0.1, 0.15) is 24.9 Å². The Hall–Kier alpha value is -2.01. The van der Waals surface area contributed by atoms with Crippen LogP contribution in [0.15, 0.2) is 24.3 Å². The Morgan fingerprint density at radius 2 is 2.00 bits per heavy atom. The minimum absolute atomic E-state index is 0.307. The number of rotatable bonds is 3. The quantitative estimate of drug-likeness (QED) is 0.648. The number of methoxy groups -OCH3 is 2. The van der Waals surface area contributed by atoms with Gasteiger partial charge in [0.2, 0.25) is 0 Å². The molecule has 3 rings (SSSR count). The number of nitrogens with zero attached hydrogens (tertiary/aromatic N) is 1. The normalized spacial score (nSPS) is 33.2. The largest absolute Gasteiger partial charge is 0.487 e. The summed E-state index contributed by atoms with van der Waals surface area (Å²) in [4.78, 5) is 0. The summed E-state index contributed by atoms with van der Waals surface area (Å²) in [5, 5.41) is 11.8. The highest BCUT2D eigenvalue weighted by molar-refractivity contribution is 5.40. The van der Waals surface area contributed by atoms with Crippen molar-refractivity contribution in [2.45, 2.75) is 30.6 Å². The first kappa shape index (κ1) is 14.9. The van der Waals surface area contributed by atoms with Crippen molar-refractivity contribution in [3.63, 3.8) is 0 Å². The van der Waals surface area contributed by atoms with Crippen LogP contribution >= 0.6 is 0 Å². The van der Waals surface area contributed by atoms with Crippen molar-refractivity contribution in [3.8, 4) is 17.7 Å². The first-order valence-electron chi connectivity index (χ1n) is 7.02. The predicted molar refractivity (Wildman–Crippen MR) is 75.4 cm³/mol. The van der Waals surface area contributed by atoms with Gasteiger partial charge in [-0.05, 0) is 12.1 Å². The van der Waals surface area contributed by atoms with E-state index in [0.717, 1.165) is 0 Å². The number of para-hydroxylation sites is 2. The number of hydrogen-bond donors (Lipinski definition) is 1. The van der Waals surface area contributed by atoms with Crippen molar-refractivity contribution < 1.29 is 23.7 Å². The molecule has 7 nitrogen and oxygen atoms in total. The summed E-state index contributed by atoms with van der Waals surface area (Å²) in [6.07, 6.45) is 0.0692. The maximum atomic E-state index is 9.06. The average Bonchev–Trinajstić information content (AvgIpc) is 2.74. The fourth-order valence-electron chi connectivity index (χ4n) is 2.87. The van der Waals surface area contributed by atoms with Gasteiger partial charge in [-0.25, -0.2) is 0 Å². The lowest BCUT2D eigenvalue weighted by Gasteiger charge is -2.43. The number of ether oxygens (including phenoxy) is 5. The lowest BCUT2D eigenvalue weighted by molar-refractivity contribution is -0.268. The van der Waals surface area contributed by atoms with Gasteiger partial charge in [-0.15, -0.1) is 0 Å². The van der Waals surface area contributed by atoms with Gasteiger partial charge in [-0.1, -0.05) is 12.1 Å². The minimum Gasteiger partial charge on any atom is -0.487 e. The highest BCUT2D eigenvalue weighted by Crippen LogP contribution is 2.35.